The maximum absolute atomic E-state index is 13.1. The highest BCUT2D eigenvalue weighted by Crippen LogP contribution is 2.37. The summed E-state index contributed by atoms with van der Waals surface area (Å²) in [5.41, 5.74) is 4.47. The zero-order chi connectivity index (χ0) is 29.2. The molecule has 1 saturated heterocycles. The fourth-order valence-corrected chi connectivity index (χ4v) is 5.29. The van der Waals surface area contributed by atoms with Crippen molar-refractivity contribution in [2.45, 2.75) is 6.42 Å². The summed E-state index contributed by atoms with van der Waals surface area (Å²) in [6.45, 7) is 2.69. The standard InChI is InChI=1S/C31H28N6O5/c1-42-28-19-22(7-10-27(28)37(40)41)21-6-8-23-25(18-21)33-24-9-5-20(16-26(24)34-31(23)39)17-30(38)36-14-12-35(13-15-36)29-4-2-3-11-32-29/h2-11,16,18-19,33H,12-15,17H2,1H3,(H,34,39). The molecule has 2 amide bonds. The number of piperazine rings is 1. The summed E-state index contributed by atoms with van der Waals surface area (Å²) in [6, 6.07) is 21.4. The van der Waals surface area contributed by atoms with Crippen LogP contribution in [0, 0.1) is 10.1 Å². The highest BCUT2D eigenvalue weighted by atomic mass is 16.6. The van der Waals surface area contributed by atoms with Gasteiger partial charge >= 0.3 is 5.69 Å². The minimum Gasteiger partial charge on any atom is -0.490 e. The lowest BCUT2D eigenvalue weighted by Gasteiger charge is -2.35. The Labute approximate surface area is 241 Å². The molecule has 1 fully saturated rings. The van der Waals surface area contributed by atoms with E-state index in [0.29, 0.717) is 41.3 Å². The molecule has 0 unspecified atom stereocenters. The summed E-state index contributed by atoms with van der Waals surface area (Å²) in [7, 11) is 1.39. The van der Waals surface area contributed by atoms with Crippen LogP contribution in [0.15, 0.2) is 79.0 Å². The van der Waals surface area contributed by atoms with E-state index in [0.717, 1.165) is 30.0 Å². The quantitative estimate of drug-likeness (QED) is 0.251. The minimum absolute atomic E-state index is 0.0370. The van der Waals surface area contributed by atoms with Crippen LogP contribution in [-0.2, 0) is 11.2 Å². The van der Waals surface area contributed by atoms with Gasteiger partial charge in [-0.05, 0) is 65.2 Å². The predicted molar refractivity (Wildman–Crippen MR) is 159 cm³/mol. The van der Waals surface area contributed by atoms with Crippen LogP contribution in [0.25, 0.3) is 11.1 Å². The third-order valence-corrected chi connectivity index (χ3v) is 7.54. The van der Waals surface area contributed by atoms with Crippen molar-refractivity contribution in [2.75, 3.05) is 48.8 Å². The molecule has 42 heavy (non-hydrogen) atoms. The van der Waals surface area contributed by atoms with Gasteiger partial charge in [-0.25, -0.2) is 4.98 Å². The van der Waals surface area contributed by atoms with Crippen LogP contribution in [0.3, 0.4) is 0 Å². The van der Waals surface area contributed by atoms with Gasteiger partial charge in [0.1, 0.15) is 5.82 Å². The minimum atomic E-state index is -0.492. The number of nitro groups is 1. The molecule has 11 nitrogen and oxygen atoms in total. The van der Waals surface area contributed by atoms with Crippen molar-refractivity contribution >= 4 is 40.4 Å². The third kappa shape index (κ3) is 5.31. The van der Waals surface area contributed by atoms with Crippen molar-refractivity contribution in [3.8, 4) is 16.9 Å². The molecule has 4 aromatic rings. The van der Waals surface area contributed by atoms with Gasteiger partial charge in [-0.3, -0.25) is 19.7 Å². The van der Waals surface area contributed by atoms with Crippen LogP contribution < -0.4 is 20.3 Å². The number of hydrogen-bond donors (Lipinski definition) is 2. The second-order valence-corrected chi connectivity index (χ2v) is 10.1. The van der Waals surface area contributed by atoms with Gasteiger partial charge in [0, 0.05) is 38.4 Å². The molecule has 2 aliphatic rings. The maximum atomic E-state index is 13.1. The maximum Gasteiger partial charge on any atom is 0.310 e. The first-order valence-corrected chi connectivity index (χ1v) is 13.5. The molecule has 2 aliphatic heterocycles. The van der Waals surface area contributed by atoms with E-state index < -0.39 is 4.92 Å². The largest absolute Gasteiger partial charge is 0.490 e. The molecule has 0 bridgehead atoms. The number of ether oxygens (including phenoxy) is 1. The summed E-state index contributed by atoms with van der Waals surface area (Å²) >= 11 is 0. The number of nitrogens with one attached hydrogen (secondary N) is 2. The molecular formula is C31H28N6O5. The second-order valence-electron chi connectivity index (χ2n) is 10.1. The number of carbonyl (C=O) groups is 2. The van der Waals surface area contributed by atoms with Crippen LogP contribution in [0.1, 0.15) is 15.9 Å². The average molecular weight is 565 g/mol. The molecule has 0 aliphatic carbocycles. The average Bonchev–Trinajstić information content (AvgIpc) is 3.15. The molecule has 0 saturated carbocycles. The molecule has 6 rings (SSSR count). The molecule has 1 aromatic heterocycles. The van der Waals surface area contributed by atoms with Gasteiger partial charge in [-0.15, -0.1) is 0 Å². The van der Waals surface area contributed by atoms with Gasteiger partial charge in [0.15, 0.2) is 5.75 Å². The molecule has 11 heteroatoms. The lowest BCUT2D eigenvalue weighted by molar-refractivity contribution is -0.385. The van der Waals surface area contributed by atoms with E-state index in [2.05, 4.69) is 20.5 Å². The highest BCUT2D eigenvalue weighted by molar-refractivity contribution is 6.12. The number of rotatable bonds is 6. The number of nitro benzene ring substituents is 1. The first-order chi connectivity index (χ1) is 20.4. The Balaban J connectivity index is 1.17. The number of nitrogens with zero attached hydrogens (tertiary/aromatic N) is 4. The Morgan fingerprint density at radius 1 is 0.929 bits per heavy atom. The van der Waals surface area contributed by atoms with E-state index in [-0.39, 0.29) is 29.7 Å². The van der Waals surface area contributed by atoms with E-state index in [9.17, 15) is 19.7 Å². The molecule has 2 N–H and O–H groups in total. The van der Waals surface area contributed by atoms with Gasteiger partial charge < -0.3 is 25.2 Å². The van der Waals surface area contributed by atoms with Crippen LogP contribution in [0.5, 0.6) is 5.75 Å². The second kappa shape index (κ2) is 11.2. The topological polar surface area (TPSA) is 130 Å². The monoisotopic (exact) mass is 564 g/mol. The van der Waals surface area contributed by atoms with E-state index in [1.54, 1.807) is 30.5 Å². The lowest BCUT2D eigenvalue weighted by Crippen LogP contribution is -2.49. The summed E-state index contributed by atoms with van der Waals surface area (Å²) in [6.07, 6.45) is 2.00. The van der Waals surface area contributed by atoms with Crippen molar-refractivity contribution in [2.24, 2.45) is 0 Å². The summed E-state index contributed by atoms with van der Waals surface area (Å²) in [5.74, 6) is 0.827. The zero-order valence-electron chi connectivity index (χ0n) is 22.9. The van der Waals surface area contributed by atoms with Crippen LogP contribution in [0.2, 0.25) is 0 Å². The molecule has 0 radical (unpaired) electrons. The highest BCUT2D eigenvalue weighted by Gasteiger charge is 2.24. The Hall–Kier alpha value is -5.45. The van der Waals surface area contributed by atoms with Crippen molar-refractivity contribution in [1.82, 2.24) is 9.88 Å². The molecule has 212 valence electrons. The Kier molecular flexibility index (Phi) is 7.14. The first-order valence-electron chi connectivity index (χ1n) is 13.5. The van der Waals surface area contributed by atoms with Gasteiger partial charge in [-0.1, -0.05) is 18.2 Å². The first kappa shape index (κ1) is 26.8. The SMILES string of the molecule is COc1cc(-c2ccc3c(c2)Nc2ccc(CC(=O)N4CCN(c5ccccn5)CC4)cc2NC3=O)ccc1[N+](=O)[O-]. The number of aromatic nitrogens is 1. The molecular weight excluding hydrogens is 536 g/mol. The van der Waals surface area contributed by atoms with Crippen molar-refractivity contribution in [3.05, 3.63) is 100 Å². The summed E-state index contributed by atoms with van der Waals surface area (Å²) in [4.78, 5) is 45.5. The molecule has 3 heterocycles. The number of amides is 2. The Bertz CT molecular complexity index is 1680. The fourth-order valence-electron chi connectivity index (χ4n) is 5.29. The Morgan fingerprint density at radius 2 is 1.71 bits per heavy atom. The number of carbonyl (C=O) groups excluding carboxylic acids is 2. The molecule has 0 atom stereocenters. The fraction of sp³-hybridized carbons (Fsp3) is 0.194. The van der Waals surface area contributed by atoms with Crippen LogP contribution in [-0.4, -0.2) is 59.9 Å². The lowest BCUT2D eigenvalue weighted by atomic mass is 10.0. The van der Waals surface area contributed by atoms with Gasteiger partial charge in [0.2, 0.25) is 5.91 Å². The number of benzene rings is 3. The van der Waals surface area contributed by atoms with Crippen LogP contribution >= 0.6 is 0 Å². The molecule has 0 spiro atoms. The smallest absolute Gasteiger partial charge is 0.310 e. The number of fused-ring (bicyclic) bond motifs is 2. The van der Waals surface area contributed by atoms with Crippen molar-refractivity contribution in [3.63, 3.8) is 0 Å². The van der Waals surface area contributed by atoms with Crippen molar-refractivity contribution in [1.29, 1.82) is 0 Å². The van der Waals surface area contributed by atoms with E-state index >= 15 is 0 Å². The summed E-state index contributed by atoms with van der Waals surface area (Å²) in [5, 5.41) is 17.6. The zero-order valence-corrected chi connectivity index (χ0v) is 22.9. The third-order valence-electron chi connectivity index (χ3n) is 7.54. The van der Waals surface area contributed by atoms with E-state index in [1.807, 2.05) is 47.4 Å². The number of methoxy groups -OCH3 is 1. The predicted octanol–water partition coefficient (Wildman–Crippen LogP) is 4.87. The number of hydrogen-bond acceptors (Lipinski definition) is 8. The molecule has 3 aromatic carbocycles. The van der Waals surface area contributed by atoms with Gasteiger partial charge in [0.25, 0.3) is 5.91 Å². The number of pyridine rings is 1. The van der Waals surface area contributed by atoms with Crippen LogP contribution in [0.4, 0.5) is 28.6 Å². The van der Waals surface area contributed by atoms with Crippen molar-refractivity contribution < 1.29 is 19.2 Å². The Morgan fingerprint density at radius 3 is 2.45 bits per heavy atom. The van der Waals surface area contributed by atoms with Gasteiger partial charge in [-0.2, -0.15) is 0 Å². The summed E-state index contributed by atoms with van der Waals surface area (Å²) < 4.78 is 5.21. The van der Waals surface area contributed by atoms with Gasteiger partial charge in [0.05, 0.1) is 41.1 Å². The number of anilines is 4. The van der Waals surface area contributed by atoms with E-state index in [1.165, 1.54) is 13.2 Å². The normalized spacial score (nSPS) is 14.2. The van der Waals surface area contributed by atoms with E-state index in [4.69, 9.17) is 4.74 Å².